The van der Waals surface area contributed by atoms with Crippen molar-refractivity contribution in [3.05, 3.63) is 146 Å². The average molecular weight is 668 g/mol. The van der Waals surface area contributed by atoms with Crippen LogP contribution in [-0.4, -0.2) is 3.81 Å². The summed E-state index contributed by atoms with van der Waals surface area (Å²) in [6.07, 6.45) is 16.3. The Morgan fingerprint density at radius 2 is 1.20 bits per heavy atom. The molecule has 0 unspecified atom stereocenters. The Morgan fingerprint density at radius 1 is 0.600 bits per heavy atom. The normalized spacial score (nSPS) is 15.3. The van der Waals surface area contributed by atoms with E-state index in [1.807, 2.05) is 3.81 Å². The molecule has 3 heteroatoms. The van der Waals surface area contributed by atoms with E-state index in [4.69, 9.17) is 0 Å². The van der Waals surface area contributed by atoms with E-state index in [0.717, 1.165) is 12.8 Å². The maximum absolute atomic E-state index is 2.70. The van der Waals surface area contributed by atoms with E-state index < -0.39 is 17.4 Å². The Bertz CT molecular complexity index is 1770. The minimum Gasteiger partial charge on any atom is -1.00 e. The van der Waals surface area contributed by atoms with Crippen molar-refractivity contribution in [2.45, 2.75) is 83.5 Å². The van der Waals surface area contributed by atoms with Crippen molar-refractivity contribution < 1.29 is 42.2 Å². The van der Waals surface area contributed by atoms with E-state index in [1.54, 1.807) is 13.3 Å². The Kier molecular flexibility index (Phi) is 10.3. The number of rotatable bonds is 6. The van der Waals surface area contributed by atoms with E-state index in [9.17, 15) is 0 Å². The Labute approximate surface area is 289 Å². The van der Waals surface area contributed by atoms with Crippen molar-refractivity contribution >= 4 is 7.68 Å². The van der Waals surface area contributed by atoms with E-state index in [1.165, 1.54) is 71.0 Å². The monoisotopic (exact) mass is 666 g/mol. The molecule has 0 atom stereocenters. The van der Waals surface area contributed by atoms with Crippen molar-refractivity contribution in [1.29, 1.82) is 0 Å². The number of benzene rings is 4. The first kappa shape index (κ1) is 33.9. The molecule has 0 spiro atoms. The Balaban J connectivity index is 0.00000200. The van der Waals surface area contributed by atoms with Gasteiger partial charge >= 0.3 is 266 Å². The van der Waals surface area contributed by atoms with Crippen LogP contribution in [0.25, 0.3) is 11.1 Å². The Morgan fingerprint density at radius 3 is 1.80 bits per heavy atom. The molecular weight excluding hydrogens is 623 g/mol. The predicted octanol–water partition coefficient (Wildman–Crippen LogP) is 4.14. The van der Waals surface area contributed by atoms with Gasteiger partial charge in [-0.25, -0.2) is 0 Å². The van der Waals surface area contributed by atoms with Crippen molar-refractivity contribution in [3.63, 3.8) is 0 Å². The first-order valence-electron chi connectivity index (χ1n) is 16.3. The summed E-state index contributed by atoms with van der Waals surface area (Å²) in [5.41, 5.74) is 11.6. The van der Waals surface area contributed by atoms with Gasteiger partial charge in [0.15, 0.2) is 0 Å². The fraction of sp³-hybridized carbons (Fsp3) is 0.310. The molecule has 7 rings (SSSR count). The maximum Gasteiger partial charge on any atom is -1.00 e. The third-order valence-corrected chi connectivity index (χ3v) is 15.6. The summed E-state index contributed by atoms with van der Waals surface area (Å²) >= 11 is -1.85. The topological polar surface area (TPSA) is 0 Å². The molecule has 3 aliphatic rings. The van der Waals surface area contributed by atoms with Crippen LogP contribution in [0.4, 0.5) is 0 Å². The maximum atomic E-state index is 2.70. The van der Waals surface area contributed by atoms with Crippen LogP contribution in [-0.2, 0) is 34.7 Å². The van der Waals surface area contributed by atoms with Crippen LogP contribution in [0.3, 0.4) is 0 Å². The van der Waals surface area contributed by atoms with Crippen LogP contribution in [0.5, 0.6) is 0 Å². The molecular formula is C42H44Cl2Ti. The van der Waals surface area contributed by atoms with E-state index >= 15 is 0 Å². The predicted molar refractivity (Wildman–Crippen MR) is 181 cm³/mol. The largest absolute Gasteiger partial charge is 1.00 e. The van der Waals surface area contributed by atoms with Crippen LogP contribution in [0, 0.1) is 0 Å². The molecule has 0 nitrogen and oxygen atoms in total. The van der Waals surface area contributed by atoms with Gasteiger partial charge in [-0.2, -0.15) is 0 Å². The number of hydrogen-bond acceptors (Lipinski definition) is 0. The van der Waals surface area contributed by atoms with Crippen molar-refractivity contribution in [3.8, 4) is 11.1 Å². The van der Waals surface area contributed by atoms with Crippen LogP contribution in [0.2, 0.25) is 0 Å². The second-order valence-electron chi connectivity index (χ2n) is 13.9. The number of halogens is 2. The first-order chi connectivity index (χ1) is 20.8. The van der Waals surface area contributed by atoms with Gasteiger partial charge in [-0.3, -0.25) is 0 Å². The van der Waals surface area contributed by atoms with Gasteiger partial charge < -0.3 is 24.8 Å². The molecule has 0 bridgehead atoms. The smallest absolute Gasteiger partial charge is 1.00 e. The second kappa shape index (κ2) is 13.7. The van der Waals surface area contributed by atoms with Gasteiger partial charge in [0.05, 0.1) is 0 Å². The molecule has 0 radical (unpaired) electrons. The molecule has 4 aromatic carbocycles. The fourth-order valence-electron chi connectivity index (χ4n) is 7.74. The molecule has 0 amide bonds. The molecule has 1 saturated carbocycles. The summed E-state index contributed by atoms with van der Waals surface area (Å²) in [5.74, 6) is 0. The molecule has 0 aromatic heterocycles. The van der Waals surface area contributed by atoms with Gasteiger partial charge in [0.1, 0.15) is 0 Å². The standard InChI is InChI=1S/C31H29.C6H10.C5H5.2ClH.Ti/c1-30(2,24-11-7-5-8-12-24)26-17-15-22-19-23-16-18-27(21-29(23)28(22)20-26)31(3,4)25-13-9-6-10-14-25;1-2-4-6-5-3-1;1-2-4-5-3-1;;;/h5-15,17-18,20-21H,19H2,1-4H3;1-5H2;1-3H,4H2;2*1H;/q;;;;;+2/p-2. The van der Waals surface area contributed by atoms with E-state index in [2.05, 4.69) is 137 Å². The average Bonchev–Trinajstić information content (AvgIpc) is 3.71. The van der Waals surface area contributed by atoms with Crippen molar-refractivity contribution in [2.24, 2.45) is 0 Å². The third kappa shape index (κ3) is 6.29. The number of allylic oxidation sites excluding steroid dienone is 4. The minimum atomic E-state index is -1.85. The van der Waals surface area contributed by atoms with Gasteiger partial charge in [0, 0.05) is 0 Å². The minimum absolute atomic E-state index is 0. The van der Waals surface area contributed by atoms with Crippen LogP contribution >= 0.6 is 0 Å². The molecule has 3 aliphatic carbocycles. The molecule has 230 valence electrons. The third-order valence-electron chi connectivity index (χ3n) is 10.6. The summed E-state index contributed by atoms with van der Waals surface area (Å²) < 4.78 is 5.43. The molecule has 4 aromatic rings. The van der Waals surface area contributed by atoms with Crippen LogP contribution < -0.4 is 28.7 Å². The summed E-state index contributed by atoms with van der Waals surface area (Å²) in [6.45, 7) is 9.62. The van der Waals surface area contributed by atoms with Gasteiger partial charge in [-0.1, -0.05) is 0 Å². The second-order valence-corrected chi connectivity index (χ2v) is 18.1. The van der Waals surface area contributed by atoms with Crippen LogP contribution in [0.15, 0.2) is 113 Å². The van der Waals surface area contributed by atoms with Gasteiger partial charge in [0.2, 0.25) is 0 Å². The van der Waals surface area contributed by atoms with Gasteiger partial charge in [-0.15, -0.1) is 0 Å². The molecule has 0 heterocycles. The molecule has 0 saturated heterocycles. The summed E-state index contributed by atoms with van der Waals surface area (Å²) in [5, 5.41) is 0. The summed E-state index contributed by atoms with van der Waals surface area (Å²) in [6, 6.07) is 34.9. The van der Waals surface area contributed by atoms with E-state index in [-0.39, 0.29) is 35.6 Å². The zero-order chi connectivity index (χ0) is 29.6. The first-order valence-corrected chi connectivity index (χ1v) is 18.7. The zero-order valence-electron chi connectivity index (χ0n) is 27.1. The number of fused-ring (bicyclic) bond motifs is 3. The van der Waals surface area contributed by atoms with Crippen LogP contribution in [0.1, 0.15) is 99.6 Å². The van der Waals surface area contributed by atoms with Gasteiger partial charge in [-0.05, 0) is 0 Å². The molecule has 0 aliphatic heterocycles. The molecule has 1 fully saturated rings. The molecule has 0 N–H and O–H groups in total. The Hall–Kier alpha value is -2.48. The number of hydrogen-bond donors (Lipinski definition) is 0. The molecule has 45 heavy (non-hydrogen) atoms. The quantitative estimate of drug-likeness (QED) is 0.239. The van der Waals surface area contributed by atoms with Crippen molar-refractivity contribution in [1.82, 2.24) is 0 Å². The zero-order valence-corrected chi connectivity index (χ0v) is 30.2. The SMILES string of the molecule is CC(C)(c1ccccc1)c1ccc2c(c1)-c1cc(C(C)(C)c3ccccc3)c[c]([Ti+2]([C]3=CC=CC3)=[C]3CCCCC3)c1C2.[Cl-].[Cl-]. The summed E-state index contributed by atoms with van der Waals surface area (Å²) in [7, 11) is 0. The fourth-order valence-corrected chi connectivity index (χ4v) is 13.1. The summed E-state index contributed by atoms with van der Waals surface area (Å²) in [4.78, 5) is 0. The van der Waals surface area contributed by atoms with E-state index in [0.29, 0.717) is 0 Å². The van der Waals surface area contributed by atoms with Gasteiger partial charge in [0.25, 0.3) is 0 Å². The van der Waals surface area contributed by atoms with Crippen molar-refractivity contribution in [2.75, 3.05) is 0 Å².